The van der Waals surface area contributed by atoms with E-state index in [4.69, 9.17) is 14.6 Å². The third-order valence-corrected chi connectivity index (χ3v) is 5.33. The Hall–Kier alpha value is -3.34. The van der Waals surface area contributed by atoms with Crippen LogP contribution < -0.4 is 9.47 Å². The van der Waals surface area contributed by atoms with Crippen LogP contribution in [0.5, 0.6) is 11.5 Å². The number of halogens is 1. The first-order valence-corrected chi connectivity index (χ1v) is 9.83. The normalized spacial score (nSPS) is 19.8. The number of benzene rings is 3. The zero-order valence-corrected chi connectivity index (χ0v) is 16.1. The third kappa shape index (κ3) is 3.23. The maximum Gasteiger partial charge on any atom is 0.213 e. The van der Waals surface area contributed by atoms with Crippen molar-refractivity contribution >= 4 is 5.71 Å². The Balaban J connectivity index is 1.58. The molecule has 0 saturated carbocycles. The van der Waals surface area contributed by atoms with Gasteiger partial charge in [0.2, 0.25) is 6.23 Å². The Morgan fingerprint density at radius 2 is 1.86 bits per heavy atom. The first-order chi connectivity index (χ1) is 14.2. The van der Waals surface area contributed by atoms with E-state index in [0.29, 0.717) is 6.61 Å². The summed E-state index contributed by atoms with van der Waals surface area (Å²) in [7, 11) is 0. The average molecular weight is 388 g/mol. The van der Waals surface area contributed by atoms with Crippen molar-refractivity contribution < 1.29 is 13.9 Å². The van der Waals surface area contributed by atoms with Crippen LogP contribution in [0.25, 0.3) is 0 Å². The molecule has 0 bridgehead atoms. The number of ether oxygens (including phenoxy) is 2. The zero-order chi connectivity index (χ0) is 19.8. The highest BCUT2D eigenvalue weighted by Crippen LogP contribution is 2.48. The molecule has 3 aromatic rings. The SMILES string of the molecule is CCOc1ccc2c(c1)[C@H]1CC(c3ccccc3)=NN1[C@@H](c1ccc(F)cc1)O2. The maximum absolute atomic E-state index is 13.5. The van der Waals surface area contributed by atoms with Gasteiger partial charge in [-0.2, -0.15) is 5.10 Å². The second kappa shape index (κ2) is 7.24. The molecule has 2 aliphatic rings. The third-order valence-electron chi connectivity index (χ3n) is 5.33. The fourth-order valence-corrected chi connectivity index (χ4v) is 3.97. The van der Waals surface area contributed by atoms with Gasteiger partial charge in [-0.05, 0) is 42.8 Å². The summed E-state index contributed by atoms with van der Waals surface area (Å²) >= 11 is 0. The van der Waals surface area contributed by atoms with Gasteiger partial charge in [-0.25, -0.2) is 9.40 Å². The maximum atomic E-state index is 13.5. The lowest BCUT2D eigenvalue weighted by atomic mass is 9.95. The van der Waals surface area contributed by atoms with Crippen molar-refractivity contribution in [3.05, 3.63) is 95.3 Å². The zero-order valence-electron chi connectivity index (χ0n) is 16.1. The largest absolute Gasteiger partial charge is 0.494 e. The molecule has 2 aliphatic heterocycles. The average Bonchev–Trinajstić information content (AvgIpc) is 3.21. The molecule has 0 aromatic heterocycles. The second-order valence-electron chi connectivity index (χ2n) is 7.17. The first-order valence-electron chi connectivity index (χ1n) is 9.83. The molecule has 0 saturated heterocycles. The van der Waals surface area contributed by atoms with Gasteiger partial charge in [-0.1, -0.05) is 42.5 Å². The van der Waals surface area contributed by atoms with E-state index in [1.807, 2.05) is 48.3 Å². The highest BCUT2D eigenvalue weighted by Gasteiger charge is 2.41. The molecule has 0 unspecified atom stereocenters. The molecule has 29 heavy (non-hydrogen) atoms. The summed E-state index contributed by atoms with van der Waals surface area (Å²) in [6, 6.07) is 22.6. The molecule has 0 aliphatic carbocycles. The molecule has 0 radical (unpaired) electrons. The van der Waals surface area contributed by atoms with Crippen molar-refractivity contribution in [3.63, 3.8) is 0 Å². The highest BCUT2D eigenvalue weighted by molar-refractivity contribution is 6.01. The summed E-state index contributed by atoms with van der Waals surface area (Å²) in [5, 5.41) is 6.92. The number of hydrogen-bond acceptors (Lipinski definition) is 4. The first kappa shape index (κ1) is 17.7. The van der Waals surface area contributed by atoms with Gasteiger partial charge in [0.25, 0.3) is 0 Å². The van der Waals surface area contributed by atoms with Crippen molar-refractivity contribution in [2.45, 2.75) is 25.6 Å². The standard InChI is InChI=1S/C24H21FN2O2/c1-2-28-19-12-13-23-20(14-19)22-15-21(16-6-4-3-5-7-16)26-27(22)24(29-23)17-8-10-18(25)11-9-17/h3-14,22,24H,2,15H2,1H3/t22-,24-/m1/s1. The van der Waals surface area contributed by atoms with E-state index < -0.39 is 6.23 Å². The molecule has 0 N–H and O–H groups in total. The Labute approximate surface area is 169 Å². The molecular formula is C24H21FN2O2. The van der Waals surface area contributed by atoms with Gasteiger partial charge in [-0.15, -0.1) is 0 Å². The minimum absolute atomic E-state index is 0.0319. The van der Waals surface area contributed by atoms with Crippen LogP contribution in [0.4, 0.5) is 4.39 Å². The Bertz CT molecular complexity index is 1050. The van der Waals surface area contributed by atoms with Gasteiger partial charge >= 0.3 is 0 Å². The summed E-state index contributed by atoms with van der Waals surface area (Å²) in [5.41, 5.74) is 4.04. The second-order valence-corrected chi connectivity index (χ2v) is 7.17. The predicted octanol–water partition coefficient (Wildman–Crippen LogP) is 5.47. The van der Waals surface area contributed by atoms with Gasteiger partial charge in [-0.3, -0.25) is 0 Å². The van der Waals surface area contributed by atoms with Crippen LogP contribution >= 0.6 is 0 Å². The number of hydrogen-bond donors (Lipinski definition) is 0. The highest BCUT2D eigenvalue weighted by atomic mass is 19.1. The Morgan fingerprint density at radius 1 is 1.07 bits per heavy atom. The van der Waals surface area contributed by atoms with Crippen LogP contribution in [0.3, 0.4) is 0 Å². The molecule has 2 atom stereocenters. The van der Waals surface area contributed by atoms with Gasteiger partial charge in [0.05, 0.1) is 18.4 Å². The van der Waals surface area contributed by atoms with Crippen LogP contribution in [0, 0.1) is 5.82 Å². The molecule has 146 valence electrons. The fraction of sp³-hybridized carbons (Fsp3) is 0.208. The number of fused-ring (bicyclic) bond motifs is 3. The predicted molar refractivity (Wildman–Crippen MR) is 110 cm³/mol. The molecule has 0 amide bonds. The van der Waals surface area contributed by atoms with E-state index >= 15 is 0 Å². The summed E-state index contributed by atoms with van der Waals surface area (Å²) in [5.74, 6) is 1.37. The van der Waals surface area contributed by atoms with E-state index in [9.17, 15) is 4.39 Å². The van der Waals surface area contributed by atoms with Crippen LogP contribution in [-0.4, -0.2) is 17.3 Å². The molecule has 0 spiro atoms. The lowest BCUT2D eigenvalue weighted by Crippen LogP contribution is -2.33. The van der Waals surface area contributed by atoms with Crippen molar-refractivity contribution in [3.8, 4) is 11.5 Å². The number of hydrazone groups is 1. The van der Waals surface area contributed by atoms with Crippen molar-refractivity contribution in [2.75, 3.05) is 6.61 Å². The van der Waals surface area contributed by atoms with Gasteiger partial charge in [0.1, 0.15) is 17.3 Å². The number of rotatable bonds is 4. The monoisotopic (exact) mass is 388 g/mol. The fourth-order valence-electron chi connectivity index (χ4n) is 3.97. The summed E-state index contributed by atoms with van der Waals surface area (Å²) in [6.45, 7) is 2.58. The van der Waals surface area contributed by atoms with Crippen LogP contribution in [0.15, 0.2) is 77.9 Å². The van der Waals surface area contributed by atoms with E-state index in [-0.39, 0.29) is 11.9 Å². The van der Waals surface area contributed by atoms with Crippen molar-refractivity contribution in [1.82, 2.24) is 5.01 Å². The molecule has 5 heteroatoms. The van der Waals surface area contributed by atoms with E-state index in [1.54, 1.807) is 12.1 Å². The molecule has 0 fully saturated rings. The minimum Gasteiger partial charge on any atom is -0.494 e. The van der Waals surface area contributed by atoms with Crippen LogP contribution in [-0.2, 0) is 0 Å². The quantitative estimate of drug-likeness (QED) is 0.595. The Kier molecular flexibility index (Phi) is 4.43. The van der Waals surface area contributed by atoms with E-state index in [2.05, 4.69) is 12.1 Å². The van der Waals surface area contributed by atoms with Gasteiger partial charge in [0, 0.05) is 17.5 Å². The van der Waals surface area contributed by atoms with Gasteiger partial charge in [0.15, 0.2) is 0 Å². The molecule has 5 rings (SSSR count). The van der Waals surface area contributed by atoms with Crippen LogP contribution in [0.2, 0.25) is 0 Å². The van der Waals surface area contributed by atoms with Gasteiger partial charge < -0.3 is 9.47 Å². The Morgan fingerprint density at radius 3 is 2.62 bits per heavy atom. The van der Waals surface area contributed by atoms with E-state index in [0.717, 1.165) is 40.3 Å². The minimum atomic E-state index is -0.410. The lowest BCUT2D eigenvalue weighted by Gasteiger charge is -2.38. The summed E-state index contributed by atoms with van der Waals surface area (Å²) in [4.78, 5) is 0. The molecular weight excluding hydrogens is 367 g/mol. The van der Waals surface area contributed by atoms with Crippen molar-refractivity contribution in [1.29, 1.82) is 0 Å². The van der Waals surface area contributed by atoms with E-state index in [1.165, 1.54) is 12.1 Å². The summed E-state index contributed by atoms with van der Waals surface area (Å²) < 4.78 is 25.5. The van der Waals surface area contributed by atoms with Crippen LogP contribution in [0.1, 0.15) is 42.3 Å². The molecule has 2 heterocycles. The van der Waals surface area contributed by atoms with Crippen molar-refractivity contribution in [2.24, 2.45) is 5.10 Å². The molecule has 4 nitrogen and oxygen atoms in total. The topological polar surface area (TPSA) is 34.1 Å². The molecule has 3 aromatic carbocycles. The number of nitrogens with zero attached hydrogens (tertiary/aromatic N) is 2. The summed E-state index contributed by atoms with van der Waals surface area (Å²) in [6.07, 6.45) is 0.362. The lowest BCUT2D eigenvalue weighted by molar-refractivity contribution is -0.0192. The smallest absolute Gasteiger partial charge is 0.213 e.